The maximum atomic E-state index is 5.68. The Morgan fingerprint density at radius 1 is 0.750 bits per heavy atom. The van der Waals surface area contributed by atoms with Crippen molar-refractivity contribution in [2.75, 3.05) is 0 Å². The van der Waals surface area contributed by atoms with Gasteiger partial charge in [-0.2, -0.15) is 0 Å². The second-order valence-electron chi connectivity index (χ2n) is 8.57. The van der Waals surface area contributed by atoms with Crippen LogP contribution in [0.1, 0.15) is 54.4 Å². The predicted molar refractivity (Wildman–Crippen MR) is 118 cm³/mol. The summed E-state index contributed by atoms with van der Waals surface area (Å²) in [4.78, 5) is 0. The molecule has 3 aromatic carbocycles. The zero-order chi connectivity index (χ0) is 19.3. The predicted octanol–water partition coefficient (Wildman–Crippen LogP) is 7.03. The van der Waals surface area contributed by atoms with Crippen molar-refractivity contribution in [2.45, 2.75) is 32.1 Å². The molecule has 0 radical (unpaired) electrons. The Balaban J connectivity index is 1.69. The van der Waals surface area contributed by atoms with E-state index in [2.05, 4.69) is 98.6 Å². The monoisotopic (exact) mass is 360 g/mol. The molecule has 0 fully saturated rings. The Kier molecular flexibility index (Phi) is 3.81. The third-order valence-electron chi connectivity index (χ3n) is 6.68. The fourth-order valence-electron chi connectivity index (χ4n) is 5.46. The molecule has 0 bridgehead atoms. The first-order valence-electron chi connectivity index (χ1n) is 10.0. The molecule has 3 aromatic rings. The van der Waals surface area contributed by atoms with E-state index in [9.17, 15) is 0 Å². The van der Waals surface area contributed by atoms with Crippen LogP contribution in [-0.2, 0) is 0 Å². The minimum absolute atomic E-state index is 0.0230. The van der Waals surface area contributed by atoms with Gasteiger partial charge in [0.2, 0.25) is 0 Å². The molecule has 1 atom stereocenters. The van der Waals surface area contributed by atoms with Gasteiger partial charge in [0.25, 0.3) is 0 Å². The average Bonchev–Trinajstić information content (AvgIpc) is 3.25. The van der Waals surface area contributed by atoms with Crippen LogP contribution in [0.2, 0.25) is 0 Å². The first-order valence-corrected chi connectivity index (χ1v) is 10.0. The van der Waals surface area contributed by atoms with Crippen molar-refractivity contribution >= 4 is 5.57 Å². The summed E-state index contributed by atoms with van der Waals surface area (Å²) in [7, 11) is 0. The SMILES string of the molecule is C#CCC1=CC(C(C)(C)C2c3ccccc3-c3ccccc32)c2ccccc21. The number of fused-ring (bicyclic) bond motifs is 4. The van der Waals surface area contributed by atoms with E-state index in [4.69, 9.17) is 6.42 Å². The Hall–Kier alpha value is -3.04. The Morgan fingerprint density at radius 3 is 1.82 bits per heavy atom. The Morgan fingerprint density at radius 2 is 1.25 bits per heavy atom. The highest BCUT2D eigenvalue weighted by Gasteiger charge is 2.45. The van der Waals surface area contributed by atoms with Crippen molar-refractivity contribution in [3.63, 3.8) is 0 Å². The molecule has 1 unspecified atom stereocenters. The van der Waals surface area contributed by atoms with Crippen LogP contribution in [0.15, 0.2) is 78.9 Å². The molecule has 28 heavy (non-hydrogen) atoms. The van der Waals surface area contributed by atoms with Gasteiger partial charge in [-0.05, 0) is 44.4 Å². The van der Waals surface area contributed by atoms with Gasteiger partial charge in [-0.3, -0.25) is 0 Å². The quantitative estimate of drug-likeness (QED) is 0.440. The van der Waals surface area contributed by atoms with Gasteiger partial charge in [0, 0.05) is 18.3 Å². The van der Waals surface area contributed by atoms with Crippen molar-refractivity contribution in [1.29, 1.82) is 0 Å². The van der Waals surface area contributed by atoms with Crippen LogP contribution in [0.4, 0.5) is 0 Å². The van der Waals surface area contributed by atoms with E-state index >= 15 is 0 Å². The number of rotatable bonds is 3. The molecule has 0 amide bonds. The molecule has 0 aliphatic heterocycles. The lowest BCUT2D eigenvalue weighted by atomic mass is 9.64. The number of allylic oxidation sites excluding steroid dienone is 2. The van der Waals surface area contributed by atoms with Crippen molar-refractivity contribution in [1.82, 2.24) is 0 Å². The summed E-state index contributed by atoms with van der Waals surface area (Å²) < 4.78 is 0. The maximum Gasteiger partial charge on any atom is 0.0340 e. The first kappa shape index (κ1) is 17.1. The van der Waals surface area contributed by atoms with Crippen LogP contribution in [0.3, 0.4) is 0 Å². The highest BCUT2D eigenvalue weighted by Crippen LogP contribution is 2.59. The number of benzene rings is 3. The van der Waals surface area contributed by atoms with Gasteiger partial charge in [-0.15, -0.1) is 12.3 Å². The maximum absolute atomic E-state index is 5.68. The van der Waals surface area contributed by atoms with Crippen LogP contribution >= 0.6 is 0 Å². The highest BCUT2D eigenvalue weighted by molar-refractivity contribution is 5.81. The van der Waals surface area contributed by atoms with Gasteiger partial charge >= 0.3 is 0 Å². The van der Waals surface area contributed by atoms with Gasteiger partial charge in [-0.25, -0.2) is 0 Å². The van der Waals surface area contributed by atoms with Crippen LogP contribution in [0.5, 0.6) is 0 Å². The zero-order valence-electron chi connectivity index (χ0n) is 16.4. The molecule has 2 aliphatic rings. The van der Waals surface area contributed by atoms with Crippen LogP contribution in [0.25, 0.3) is 16.7 Å². The van der Waals surface area contributed by atoms with E-state index in [-0.39, 0.29) is 5.41 Å². The lowest BCUT2D eigenvalue weighted by Crippen LogP contribution is -2.28. The Labute approximate surface area is 167 Å². The molecule has 0 spiro atoms. The minimum Gasteiger partial charge on any atom is -0.120 e. The van der Waals surface area contributed by atoms with E-state index in [0.29, 0.717) is 18.3 Å². The molecule has 5 rings (SSSR count). The van der Waals surface area contributed by atoms with Crippen LogP contribution in [0, 0.1) is 17.8 Å². The smallest absolute Gasteiger partial charge is 0.0340 e. The Bertz CT molecular complexity index is 1090. The molecule has 0 heteroatoms. The topological polar surface area (TPSA) is 0 Å². The average molecular weight is 361 g/mol. The van der Waals surface area contributed by atoms with Gasteiger partial charge in [0.1, 0.15) is 0 Å². The summed E-state index contributed by atoms with van der Waals surface area (Å²) in [5.74, 6) is 3.56. The second kappa shape index (κ2) is 6.25. The van der Waals surface area contributed by atoms with Crippen LogP contribution < -0.4 is 0 Å². The largest absolute Gasteiger partial charge is 0.120 e. The second-order valence-corrected chi connectivity index (χ2v) is 8.57. The van der Waals surface area contributed by atoms with Crippen molar-refractivity contribution in [3.05, 3.63) is 101 Å². The summed E-state index contributed by atoms with van der Waals surface area (Å²) in [5, 5.41) is 0. The first-order chi connectivity index (χ1) is 13.6. The normalized spacial score (nSPS) is 17.5. The van der Waals surface area contributed by atoms with Crippen molar-refractivity contribution in [3.8, 4) is 23.5 Å². The molecule has 0 N–H and O–H groups in total. The number of terminal acetylenes is 1. The van der Waals surface area contributed by atoms with E-state index in [1.54, 1.807) is 0 Å². The summed E-state index contributed by atoms with van der Waals surface area (Å²) in [5.41, 5.74) is 9.74. The summed E-state index contributed by atoms with van der Waals surface area (Å²) in [6.45, 7) is 4.85. The van der Waals surface area contributed by atoms with Crippen molar-refractivity contribution in [2.24, 2.45) is 5.41 Å². The van der Waals surface area contributed by atoms with E-state index in [1.807, 2.05) is 0 Å². The van der Waals surface area contributed by atoms with Gasteiger partial charge in [-0.1, -0.05) is 92.7 Å². The third kappa shape index (κ3) is 2.33. The molecule has 136 valence electrons. The van der Waals surface area contributed by atoms with Gasteiger partial charge in [0.05, 0.1) is 0 Å². The zero-order valence-corrected chi connectivity index (χ0v) is 16.4. The van der Waals surface area contributed by atoms with Crippen molar-refractivity contribution < 1.29 is 0 Å². The van der Waals surface area contributed by atoms with E-state index in [0.717, 1.165) is 0 Å². The molecular weight excluding hydrogens is 336 g/mol. The fourth-order valence-corrected chi connectivity index (χ4v) is 5.46. The van der Waals surface area contributed by atoms with Gasteiger partial charge in [0.15, 0.2) is 0 Å². The van der Waals surface area contributed by atoms with E-state index < -0.39 is 0 Å². The molecule has 0 aromatic heterocycles. The molecular formula is C28H24. The number of hydrogen-bond donors (Lipinski definition) is 0. The van der Waals surface area contributed by atoms with Crippen LogP contribution in [-0.4, -0.2) is 0 Å². The number of hydrogen-bond acceptors (Lipinski definition) is 0. The lowest BCUT2D eigenvalue weighted by Gasteiger charge is -2.38. The van der Waals surface area contributed by atoms with Gasteiger partial charge < -0.3 is 0 Å². The minimum atomic E-state index is 0.0230. The highest BCUT2D eigenvalue weighted by atomic mass is 14.5. The molecule has 0 saturated heterocycles. The summed E-state index contributed by atoms with van der Waals surface area (Å²) >= 11 is 0. The summed E-state index contributed by atoms with van der Waals surface area (Å²) in [6, 6.07) is 26.6. The molecule has 0 heterocycles. The third-order valence-corrected chi connectivity index (χ3v) is 6.68. The standard InChI is InChI=1S/C28H24/c1-4-11-19-18-26(23-15-8-5-12-20(19)23)28(2,3)27-24-16-9-6-13-21(24)22-14-7-10-17-25(22)27/h1,5-10,12-18,26-27H,11H2,2-3H3. The molecule has 0 nitrogen and oxygen atoms in total. The van der Waals surface area contributed by atoms with E-state index in [1.165, 1.54) is 39.0 Å². The summed E-state index contributed by atoms with van der Waals surface area (Å²) in [6.07, 6.45) is 8.81. The fraction of sp³-hybridized carbons (Fsp3) is 0.214. The molecule has 2 aliphatic carbocycles. The lowest BCUT2D eigenvalue weighted by molar-refractivity contribution is 0.287. The molecule has 0 saturated carbocycles.